The molecule has 18 heavy (non-hydrogen) atoms. The summed E-state index contributed by atoms with van der Waals surface area (Å²) >= 11 is 0. The van der Waals surface area contributed by atoms with E-state index in [2.05, 4.69) is 30.0 Å². The summed E-state index contributed by atoms with van der Waals surface area (Å²) in [6.45, 7) is 5.67. The van der Waals surface area contributed by atoms with Crippen LogP contribution in [0.2, 0.25) is 0 Å². The van der Waals surface area contributed by atoms with Crippen molar-refractivity contribution in [3.05, 3.63) is 0 Å². The molecule has 0 aromatic heterocycles. The van der Waals surface area contributed by atoms with Crippen molar-refractivity contribution in [1.29, 1.82) is 5.26 Å². The molecule has 4 nitrogen and oxygen atoms in total. The molecule has 0 N–H and O–H groups in total. The summed E-state index contributed by atoms with van der Waals surface area (Å²) in [4.78, 5) is 4.72. The van der Waals surface area contributed by atoms with Crippen LogP contribution in [-0.2, 0) is 4.74 Å². The second-order valence-electron chi connectivity index (χ2n) is 6.16. The minimum atomic E-state index is -0.221. The van der Waals surface area contributed by atoms with Gasteiger partial charge in [0.25, 0.3) is 0 Å². The monoisotopic (exact) mass is 251 g/mol. The molecule has 2 heterocycles. The molecular weight excluding hydrogens is 226 g/mol. The molecule has 2 aliphatic heterocycles. The molecule has 0 bridgehead atoms. The van der Waals surface area contributed by atoms with Crippen LogP contribution in [0.4, 0.5) is 0 Å². The molecule has 0 amide bonds. The highest BCUT2D eigenvalue weighted by Crippen LogP contribution is 2.27. The summed E-state index contributed by atoms with van der Waals surface area (Å²) in [6, 6.07) is 2.42. The highest BCUT2D eigenvalue weighted by molar-refractivity contribution is 5.05. The van der Waals surface area contributed by atoms with Gasteiger partial charge in [0.15, 0.2) is 0 Å². The summed E-state index contributed by atoms with van der Waals surface area (Å²) in [5.41, 5.74) is -0.221. The van der Waals surface area contributed by atoms with Gasteiger partial charge in [0, 0.05) is 6.54 Å². The summed E-state index contributed by atoms with van der Waals surface area (Å²) in [5.74, 6) is 0.874. The third-order valence-corrected chi connectivity index (χ3v) is 4.32. The Hall–Kier alpha value is -0.630. The van der Waals surface area contributed by atoms with E-state index in [0.717, 1.165) is 19.0 Å². The molecule has 0 saturated carbocycles. The molecule has 0 radical (unpaired) electrons. The molecule has 4 heteroatoms. The fourth-order valence-electron chi connectivity index (χ4n) is 2.89. The third-order valence-electron chi connectivity index (χ3n) is 4.32. The van der Waals surface area contributed by atoms with Gasteiger partial charge in [-0.3, -0.25) is 0 Å². The minimum absolute atomic E-state index is 0.221. The lowest BCUT2D eigenvalue weighted by molar-refractivity contribution is -0.0891. The number of nitrogens with zero attached hydrogens (tertiary/aromatic N) is 3. The van der Waals surface area contributed by atoms with E-state index >= 15 is 0 Å². The van der Waals surface area contributed by atoms with Gasteiger partial charge in [0.1, 0.15) is 5.41 Å². The highest BCUT2D eigenvalue weighted by atomic mass is 16.5. The lowest BCUT2D eigenvalue weighted by atomic mass is 9.87. The topological polar surface area (TPSA) is 39.5 Å². The number of rotatable bonds is 5. The molecule has 0 aromatic carbocycles. The van der Waals surface area contributed by atoms with Gasteiger partial charge in [-0.15, -0.1) is 0 Å². The van der Waals surface area contributed by atoms with Crippen LogP contribution in [0.1, 0.15) is 19.3 Å². The van der Waals surface area contributed by atoms with Crippen LogP contribution in [0.15, 0.2) is 0 Å². The molecule has 0 aromatic rings. The predicted octanol–water partition coefficient (Wildman–Crippen LogP) is 1.19. The van der Waals surface area contributed by atoms with Gasteiger partial charge in [-0.2, -0.15) is 5.26 Å². The normalized spacial score (nSPS) is 24.8. The first kappa shape index (κ1) is 13.8. The van der Waals surface area contributed by atoms with Crippen molar-refractivity contribution in [2.45, 2.75) is 19.3 Å². The average molecular weight is 251 g/mol. The van der Waals surface area contributed by atoms with Gasteiger partial charge in [-0.1, -0.05) is 0 Å². The zero-order valence-corrected chi connectivity index (χ0v) is 11.7. The van der Waals surface area contributed by atoms with E-state index in [4.69, 9.17) is 10.00 Å². The lowest BCUT2D eigenvalue weighted by Crippen LogP contribution is -2.49. The fourth-order valence-corrected chi connectivity index (χ4v) is 2.89. The van der Waals surface area contributed by atoms with Crippen LogP contribution in [0, 0.1) is 22.7 Å². The zero-order valence-electron chi connectivity index (χ0n) is 11.7. The summed E-state index contributed by atoms with van der Waals surface area (Å²) in [6.07, 6.45) is 3.93. The second kappa shape index (κ2) is 6.01. The number of hydrogen-bond donors (Lipinski definition) is 0. The van der Waals surface area contributed by atoms with Crippen molar-refractivity contribution in [3.63, 3.8) is 0 Å². The summed E-state index contributed by atoms with van der Waals surface area (Å²) in [5, 5.41) is 9.17. The standard InChI is InChI=1S/C14H25N3O/c1-16-6-3-13(4-7-16)5-8-17(2)10-14(9-15)11-18-12-14/h13H,3-8,10-12H2,1-2H3. The Bertz CT molecular complexity index is 301. The predicted molar refractivity (Wildman–Crippen MR) is 71.2 cm³/mol. The van der Waals surface area contributed by atoms with Gasteiger partial charge < -0.3 is 14.5 Å². The van der Waals surface area contributed by atoms with Crippen LogP contribution in [0.25, 0.3) is 0 Å². The Balaban J connectivity index is 1.66. The largest absolute Gasteiger partial charge is 0.378 e. The SMILES string of the molecule is CN1CCC(CCN(C)CC2(C#N)COC2)CC1. The van der Waals surface area contributed by atoms with Crippen molar-refractivity contribution in [1.82, 2.24) is 9.80 Å². The zero-order chi connectivity index (χ0) is 13.0. The molecular formula is C14H25N3O. The number of ether oxygens (including phenoxy) is 1. The van der Waals surface area contributed by atoms with Crippen molar-refractivity contribution < 1.29 is 4.74 Å². The molecule has 2 saturated heterocycles. The smallest absolute Gasteiger partial charge is 0.116 e. The first-order valence-corrected chi connectivity index (χ1v) is 7.00. The Morgan fingerprint density at radius 2 is 2.06 bits per heavy atom. The van der Waals surface area contributed by atoms with Gasteiger partial charge in [0.2, 0.25) is 0 Å². The second-order valence-corrected chi connectivity index (χ2v) is 6.16. The van der Waals surface area contributed by atoms with E-state index in [1.807, 2.05) is 0 Å². The number of hydrogen-bond acceptors (Lipinski definition) is 4. The maximum absolute atomic E-state index is 9.17. The Kier molecular flexibility index (Phi) is 4.60. The van der Waals surface area contributed by atoms with Crippen LogP contribution in [0.3, 0.4) is 0 Å². The van der Waals surface area contributed by atoms with E-state index in [1.54, 1.807) is 0 Å². The van der Waals surface area contributed by atoms with Crippen molar-refractivity contribution in [2.75, 3.05) is 53.5 Å². The van der Waals surface area contributed by atoms with Crippen LogP contribution < -0.4 is 0 Å². The van der Waals surface area contributed by atoms with E-state index in [1.165, 1.54) is 32.4 Å². The number of likely N-dealkylation sites (tertiary alicyclic amines) is 1. The van der Waals surface area contributed by atoms with Gasteiger partial charge >= 0.3 is 0 Å². The van der Waals surface area contributed by atoms with E-state index < -0.39 is 0 Å². The summed E-state index contributed by atoms with van der Waals surface area (Å²) < 4.78 is 5.18. The molecule has 0 spiro atoms. The maximum atomic E-state index is 9.17. The van der Waals surface area contributed by atoms with E-state index in [9.17, 15) is 0 Å². The quantitative estimate of drug-likeness (QED) is 0.736. The first-order valence-electron chi connectivity index (χ1n) is 7.00. The van der Waals surface area contributed by atoms with Gasteiger partial charge in [-0.25, -0.2) is 0 Å². The maximum Gasteiger partial charge on any atom is 0.116 e. The molecule has 102 valence electrons. The molecule has 2 rings (SSSR count). The molecule has 0 atom stereocenters. The van der Waals surface area contributed by atoms with E-state index in [0.29, 0.717) is 13.2 Å². The first-order chi connectivity index (χ1) is 8.63. The fraction of sp³-hybridized carbons (Fsp3) is 0.929. The Morgan fingerprint density at radius 1 is 1.39 bits per heavy atom. The molecule has 2 fully saturated rings. The summed E-state index contributed by atoms with van der Waals surface area (Å²) in [7, 11) is 4.34. The molecule has 0 unspecified atom stereocenters. The third kappa shape index (κ3) is 3.44. The molecule has 2 aliphatic rings. The van der Waals surface area contributed by atoms with Gasteiger partial charge in [-0.05, 0) is 58.9 Å². The average Bonchev–Trinajstić information content (AvgIpc) is 2.33. The number of piperidine rings is 1. The van der Waals surface area contributed by atoms with Crippen molar-refractivity contribution in [2.24, 2.45) is 11.3 Å². The molecule has 0 aliphatic carbocycles. The number of nitriles is 1. The minimum Gasteiger partial charge on any atom is -0.378 e. The van der Waals surface area contributed by atoms with Crippen molar-refractivity contribution >= 4 is 0 Å². The lowest BCUT2D eigenvalue weighted by Gasteiger charge is -2.38. The highest BCUT2D eigenvalue weighted by Gasteiger charge is 2.39. The van der Waals surface area contributed by atoms with Crippen LogP contribution in [-0.4, -0.2) is 63.3 Å². The van der Waals surface area contributed by atoms with Crippen LogP contribution >= 0.6 is 0 Å². The van der Waals surface area contributed by atoms with Crippen molar-refractivity contribution in [3.8, 4) is 6.07 Å². The van der Waals surface area contributed by atoms with Crippen LogP contribution in [0.5, 0.6) is 0 Å². The Morgan fingerprint density at radius 3 is 2.56 bits per heavy atom. The van der Waals surface area contributed by atoms with E-state index in [-0.39, 0.29) is 5.41 Å². The Labute approximate surface area is 110 Å². The van der Waals surface area contributed by atoms with Gasteiger partial charge in [0.05, 0.1) is 19.3 Å².